The van der Waals surface area contributed by atoms with E-state index in [-0.39, 0.29) is 18.8 Å². The molecule has 142 valence electrons. The van der Waals surface area contributed by atoms with E-state index in [2.05, 4.69) is 15.0 Å². The minimum Gasteiger partial charge on any atom is -0.311 e. The number of hydrogen-bond donors (Lipinski definition) is 2. The molecule has 1 heterocycles. The molecule has 0 aliphatic rings. The van der Waals surface area contributed by atoms with Gasteiger partial charge in [0.1, 0.15) is 5.82 Å². The molecule has 25 heavy (non-hydrogen) atoms. The molecule has 1 aromatic heterocycles. The molecule has 0 bridgehead atoms. The van der Waals surface area contributed by atoms with Gasteiger partial charge in [-0.15, -0.1) is 0 Å². The number of carbonyl (C=O) groups is 1. The summed E-state index contributed by atoms with van der Waals surface area (Å²) in [6, 6.07) is 1.92. The van der Waals surface area contributed by atoms with Gasteiger partial charge in [0.2, 0.25) is 15.9 Å². The van der Waals surface area contributed by atoms with Gasteiger partial charge in [-0.3, -0.25) is 4.79 Å². The third kappa shape index (κ3) is 6.99. The van der Waals surface area contributed by atoms with Crippen molar-refractivity contribution in [1.29, 1.82) is 0 Å². The van der Waals surface area contributed by atoms with E-state index in [1.54, 1.807) is 20.8 Å². The molecule has 0 spiro atoms. The number of alkyl halides is 3. The molecule has 0 aliphatic carbocycles. The summed E-state index contributed by atoms with van der Waals surface area (Å²) in [4.78, 5) is 15.2. The van der Waals surface area contributed by atoms with Crippen molar-refractivity contribution in [2.75, 3.05) is 11.9 Å². The minimum absolute atomic E-state index is 0.0337. The molecule has 0 aliphatic heterocycles. The Balaban J connectivity index is 2.34. The van der Waals surface area contributed by atoms with Crippen LogP contribution in [-0.2, 0) is 21.0 Å². The fourth-order valence-corrected chi connectivity index (χ4v) is 2.52. The lowest BCUT2D eigenvalue weighted by Crippen LogP contribution is -2.39. The standard InChI is InChI=1S/C15H22F3N3O3S/c1-14(2,3)25(23,24)20-9-5-4-6-13(22)21-12-8-7-11(10-19-12)15(16,17)18/h7-8,10,20H,4-6,9H2,1-3H3,(H,19,21,22). The molecule has 0 atom stereocenters. The monoisotopic (exact) mass is 381 g/mol. The first-order chi connectivity index (χ1) is 11.3. The van der Waals surface area contributed by atoms with Gasteiger partial charge < -0.3 is 5.32 Å². The van der Waals surface area contributed by atoms with Gasteiger partial charge in [-0.1, -0.05) is 0 Å². The van der Waals surface area contributed by atoms with Crippen LogP contribution in [0.3, 0.4) is 0 Å². The number of amides is 1. The molecule has 0 aromatic carbocycles. The highest BCUT2D eigenvalue weighted by Crippen LogP contribution is 2.28. The molecule has 10 heteroatoms. The van der Waals surface area contributed by atoms with Crippen LogP contribution in [0.25, 0.3) is 0 Å². The number of unbranched alkanes of at least 4 members (excludes halogenated alkanes) is 1. The average Bonchev–Trinajstić information content (AvgIpc) is 2.45. The van der Waals surface area contributed by atoms with E-state index in [0.717, 1.165) is 12.1 Å². The summed E-state index contributed by atoms with van der Waals surface area (Å²) in [5.74, 6) is -0.364. The van der Waals surface area contributed by atoms with E-state index in [1.165, 1.54) is 0 Å². The average molecular weight is 381 g/mol. The van der Waals surface area contributed by atoms with Crippen molar-refractivity contribution < 1.29 is 26.4 Å². The number of nitrogens with zero attached hydrogens (tertiary/aromatic N) is 1. The first-order valence-electron chi connectivity index (χ1n) is 7.65. The Bertz CT molecular complexity index is 681. The number of sulfonamides is 1. The van der Waals surface area contributed by atoms with Gasteiger partial charge in [-0.2, -0.15) is 13.2 Å². The van der Waals surface area contributed by atoms with Crippen molar-refractivity contribution >= 4 is 21.7 Å². The van der Waals surface area contributed by atoms with Crippen LogP contribution in [0.15, 0.2) is 18.3 Å². The zero-order chi connectivity index (χ0) is 19.3. The Morgan fingerprint density at radius 1 is 1.16 bits per heavy atom. The van der Waals surface area contributed by atoms with Gasteiger partial charge in [0.05, 0.1) is 10.3 Å². The van der Waals surface area contributed by atoms with Crippen molar-refractivity contribution in [2.45, 2.75) is 51.0 Å². The number of halogens is 3. The molecule has 1 rings (SSSR count). The van der Waals surface area contributed by atoms with E-state index < -0.39 is 32.4 Å². The number of nitrogens with one attached hydrogen (secondary N) is 2. The Kier molecular flexibility index (Phi) is 6.95. The van der Waals surface area contributed by atoms with Gasteiger partial charge in [-0.25, -0.2) is 18.1 Å². The second-order valence-corrected chi connectivity index (χ2v) is 8.97. The smallest absolute Gasteiger partial charge is 0.311 e. The zero-order valence-electron chi connectivity index (χ0n) is 14.3. The summed E-state index contributed by atoms with van der Waals surface area (Å²) < 4.78 is 62.4. The molecule has 1 amide bonds. The molecule has 2 N–H and O–H groups in total. The second kappa shape index (κ2) is 8.13. The Hall–Kier alpha value is -1.68. The molecular weight excluding hydrogens is 359 g/mol. The Labute approximate surface area is 145 Å². The maximum atomic E-state index is 12.4. The number of anilines is 1. The minimum atomic E-state index is -4.48. The van der Waals surface area contributed by atoms with Crippen LogP contribution in [0.4, 0.5) is 19.0 Å². The van der Waals surface area contributed by atoms with Crippen LogP contribution in [0.5, 0.6) is 0 Å². The molecule has 0 unspecified atom stereocenters. The predicted molar refractivity (Wildman–Crippen MR) is 88.4 cm³/mol. The highest BCUT2D eigenvalue weighted by molar-refractivity contribution is 7.90. The number of hydrogen-bond acceptors (Lipinski definition) is 4. The molecule has 1 aromatic rings. The first-order valence-corrected chi connectivity index (χ1v) is 9.13. The lowest BCUT2D eigenvalue weighted by molar-refractivity contribution is -0.137. The summed E-state index contributed by atoms with van der Waals surface area (Å²) in [5.41, 5.74) is -0.892. The Morgan fingerprint density at radius 3 is 2.28 bits per heavy atom. The number of carbonyl (C=O) groups excluding carboxylic acids is 1. The predicted octanol–water partition coefficient (Wildman–Crippen LogP) is 2.93. The van der Waals surface area contributed by atoms with Gasteiger partial charge in [0.25, 0.3) is 0 Å². The van der Waals surface area contributed by atoms with Crippen molar-refractivity contribution in [3.8, 4) is 0 Å². The topological polar surface area (TPSA) is 88.2 Å². The maximum absolute atomic E-state index is 12.4. The largest absolute Gasteiger partial charge is 0.417 e. The zero-order valence-corrected chi connectivity index (χ0v) is 15.1. The third-order valence-electron chi connectivity index (χ3n) is 3.29. The van der Waals surface area contributed by atoms with Crippen molar-refractivity contribution in [3.05, 3.63) is 23.9 Å². The van der Waals surface area contributed by atoms with E-state index in [0.29, 0.717) is 19.0 Å². The van der Waals surface area contributed by atoms with Crippen molar-refractivity contribution in [1.82, 2.24) is 9.71 Å². The van der Waals surface area contributed by atoms with Crippen molar-refractivity contribution in [2.24, 2.45) is 0 Å². The fourth-order valence-electron chi connectivity index (χ4n) is 1.67. The summed E-state index contributed by atoms with van der Waals surface area (Å²) >= 11 is 0. The lowest BCUT2D eigenvalue weighted by atomic mass is 10.2. The van der Waals surface area contributed by atoms with E-state index >= 15 is 0 Å². The molecule has 6 nitrogen and oxygen atoms in total. The molecule has 0 radical (unpaired) electrons. The second-order valence-electron chi connectivity index (χ2n) is 6.45. The molecule has 0 fully saturated rings. The van der Waals surface area contributed by atoms with E-state index in [4.69, 9.17) is 0 Å². The summed E-state index contributed by atoms with van der Waals surface area (Å²) in [6.45, 7) is 4.96. The summed E-state index contributed by atoms with van der Waals surface area (Å²) in [6.07, 6.45) is -2.82. The van der Waals surface area contributed by atoms with Crippen molar-refractivity contribution in [3.63, 3.8) is 0 Å². The van der Waals surface area contributed by atoms with Crippen LogP contribution in [0.1, 0.15) is 45.6 Å². The lowest BCUT2D eigenvalue weighted by Gasteiger charge is -2.19. The SMILES string of the molecule is CC(C)(C)S(=O)(=O)NCCCCC(=O)Nc1ccc(C(F)(F)F)cn1. The Morgan fingerprint density at radius 2 is 1.80 bits per heavy atom. The van der Waals surface area contributed by atoms with Crippen LogP contribution in [-0.4, -0.2) is 30.6 Å². The van der Waals surface area contributed by atoms with Crippen LogP contribution in [0.2, 0.25) is 0 Å². The number of rotatable bonds is 7. The molecule has 0 saturated carbocycles. The van der Waals surface area contributed by atoms with Gasteiger partial charge in [0, 0.05) is 19.2 Å². The summed E-state index contributed by atoms with van der Waals surface area (Å²) in [7, 11) is -3.42. The highest BCUT2D eigenvalue weighted by atomic mass is 32.2. The quantitative estimate of drug-likeness (QED) is 0.711. The fraction of sp³-hybridized carbons (Fsp3) is 0.600. The van der Waals surface area contributed by atoms with E-state index in [1.807, 2.05) is 0 Å². The van der Waals surface area contributed by atoms with E-state index in [9.17, 15) is 26.4 Å². The third-order valence-corrected chi connectivity index (χ3v) is 5.48. The first kappa shape index (κ1) is 21.4. The van der Waals surface area contributed by atoms with Gasteiger partial charge in [-0.05, 0) is 45.7 Å². The number of pyridine rings is 1. The molecular formula is C15H22F3N3O3S. The molecule has 0 saturated heterocycles. The van der Waals surface area contributed by atoms with Crippen LogP contribution in [0, 0.1) is 0 Å². The van der Waals surface area contributed by atoms with Crippen LogP contribution < -0.4 is 10.0 Å². The number of aromatic nitrogens is 1. The van der Waals surface area contributed by atoms with Crippen LogP contribution >= 0.6 is 0 Å². The normalized spacial score (nSPS) is 12.9. The van der Waals surface area contributed by atoms with Gasteiger partial charge >= 0.3 is 6.18 Å². The van der Waals surface area contributed by atoms with Gasteiger partial charge in [0.15, 0.2) is 0 Å². The summed E-state index contributed by atoms with van der Waals surface area (Å²) in [5, 5.41) is 2.40. The highest BCUT2D eigenvalue weighted by Gasteiger charge is 2.30. The maximum Gasteiger partial charge on any atom is 0.417 e.